The van der Waals surface area contributed by atoms with E-state index in [1.54, 1.807) is 49.4 Å². The van der Waals surface area contributed by atoms with Gasteiger partial charge in [-0.15, -0.1) is 4.48 Å². The lowest BCUT2D eigenvalue weighted by atomic mass is 10.1. The molecule has 0 bridgehead atoms. The van der Waals surface area contributed by atoms with Crippen molar-refractivity contribution in [3.05, 3.63) is 65.7 Å². The molecule has 8 heteroatoms. The lowest BCUT2D eigenvalue weighted by molar-refractivity contribution is -0.139. The summed E-state index contributed by atoms with van der Waals surface area (Å²) >= 11 is 1.01. The van der Waals surface area contributed by atoms with E-state index in [4.69, 9.17) is 0 Å². The number of urea groups is 1. The second-order valence-corrected chi connectivity index (χ2v) is 8.37. The van der Waals surface area contributed by atoms with E-state index in [9.17, 15) is 24.3 Å². The molecule has 0 radical (unpaired) electrons. The SMILES string of the molecule is Cc1cccc([N+]2(C(=O)[C@H](C)CSC(=O)c3ccccc3)CC(C(=O)O)NC2=O)c1. The number of carboxylic acid groups (broad SMARTS) is 1. The van der Waals surface area contributed by atoms with Gasteiger partial charge in [0.05, 0.1) is 5.92 Å². The maximum atomic E-state index is 13.5. The number of aliphatic carboxylic acids is 1. The van der Waals surface area contributed by atoms with Gasteiger partial charge in [0, 0.05) is 23.4 Å². The van der Waals surface area contributed by atoms with Crippen LogP contribution in [0.4, 0.5) is 10.5 Å². The molecule has 1 aliphatic heterocycles. The van der Waals surface area contributed by atoms with Crippen LogP contribution in [0.15, 0.2) is 54.6 Å². The highest BCUT2D eigenvalue weighted by Gasteiger charge is 2.57. The number of hydrogen-bond acceptors (Lipinski definition) is 5. The monoisotopic (exact) mass is 427 g/mol. The number of rotatable bonds is 6. The van der Waals surface area contributed by atoms with Gasteiger partial charge in [-0.1, -0.05) is 54.2 Å². The van der Waals surface area contributed by atoms with Crippen molar-refractivity contribution in [1.29, 1.82) is 0 Å². The first-order chi connectivity index (χ1) is 14.3. The molecule has 2 aromatic carbocycles. The van der Waals surface area contributed by atoms with Gasteiger partial charge in [0.25, 0.3) is 0 Å². The predicted octanol–water partition coefficient (Wildman–Crippen LogP) is 3.22. The van der Waals surface area contributed by atoms with Crippen LogP contribution in [-0.4, -0.2) is 46.5 Å². The van der Waals surface area contributed by atoms with Crippen molar-refractivity contribution < 1.29 is 24.3 Å². The Morgan fingerprint density at radius 2 is 1.87 bits per heavy atom. The zero-order valence-corrected chi connectivity index (χ0v) is 17.5. The number of nitrogens with zero attached hydrogens (tertiary/aromatic N) is 1. The topological polar surface area (TPSA) is 101 Å². The number of quaternary nitrogens is 1. The van der Waals surface area contributed by atoms with Crippen LogP contribution in [-0.2, 0) is 9.59 Å². The number of hydrogen-bond donors (Lipinski definition) is 2. The molecule has 0 aromatic heterocycles. The number of thioether (sulfide) groups is 1. The van der Waals surface area contributed by atoms with Gasteiger partial charge in [-0.25, -0.2) is 14.4 Å². The van der Waals surface area contributed by atoms with E-state index in [1.807, 2.05) is 19.1 Å². The van der Waals surface area contributed by atoms with Crippen molar-refractivity contribution in [2.24, 2.45) is 5.92 Å². The Kier molecular flexibility index (Phi) is 6.38. The second-order valence-electron chi connectivity index (χ2n) is 7.38. The molecule has 3 amide bonds. The van der Waals surface area contributed by atoms with Crippen molar-refractivity contribution >= 4 is 40.5 Å². The summed E-state index contributed by atoms with van der Waals surface area (Å²) in [6, 6.07) is 13.9. The molecule has 1 aliphatic rings. The van der Waals surface area contributed by atoms with E-state index >= 15 is 0 Å². The van der Waals surface area contributed by atoms with Crippen molar-refractivity contribution in [2.45, 2.75) is 19.9 Å². The fourth-order valence-corrected chi connectivity index (χ4v) is 4.36. The fraction of sp³-hybridized carbons (Fsp3) is 0.273. The Bertz CT molecular complexity index is 994. The minimum atomic E-state index is -1.19. The van der Waals surface area contributed by atoms with Crippen molar-refractivity contribution in [3.63, 3.8) is 0 Å². The molecule has 0 saturated carbocycles. The molecule has 2 aromatic rings. The van der Waals surface area contributed by atoms with Gasteiger partial charge in [0.15, 0.2) is 6.04 Å². The van der Waals surface area contributed by atoms with Gasteiger partial charge >= 0.3 is 17.9 Å². The van der Waals surface area contributed by atoms with Crippen LogP contribution in [0, 0.1) is 12.8 Å². The van der Waals surface area contributed by atoms with E-state index in [1.165, 1.54) is 0 Å². The van der Waals surface area contributed by atoms with E-state index in [0.717, 1.165) is 17.3 Å². The number of amides is 3. The smallest absolute Gasteiger partial charge is 0.430 e. The van der Waals surface area contributed by atoms with Crippen molar-refractivity contribution in [3.8, 4) is 0 Å². The summed E-state index contributed by atoms with van der Waals surface area (Å²) in [7, 11) is 0. The largest absolute Gasteiger partial charge is 0.480 e. The average Bonchev–Trinajstić information content (AvgIpc) is 3.10. The highest BCUT2D eigenvalue weighted by atomic mass is 32.2. The van der Waals surface area contributed by atoms with Crippen LogP contribution in [0.2, 0.25) is 0 Å². The lowest BCUT2D eigenvalue weighted by Crippen LogP contribution is -2.59. The summed E-state index contributed by atoms with van der Waals surface area (Å²) in [6.45, 7) is 3.29. The summed E-state index contributed by atoms with van der Waals surface area (Å²) in [5.74, 6) is -2.09. The minimum absolute atomic E-state index is 0.161. The molecule has 7 nitrogen and oxygen atoms in total. The predicted molar refractivity (Wildman–Crippen MR) is 115 cm³/mol. The van der Waals surface area contributed by atoms with Gasteiger partial charge in [0.2, 0.25) is 5.12 Å². The number of benzene rings is 2. The van der Waals surface area contributed by atoms with Gasteiger partial charge in [-0.2, -0.15) is 0 Å². The van der Waals surface area contributed by atoms with Crippen LogP contribution < -0.4 is 9.80 Å². The van der Waals surface area contributed by atoms with Gasteiger partial charge in [-0.05, 0) is 19.4 Å². The summed E-state index contributed by atoms with van der Waals surface area (Å²) in [6.07, 6.45) is 0. The number of nitrogens with one attached hydrogen (secondary N) is 1. The Balaban J connectivity index is 1.86. The molecule has 30 heavy (non-hydrogen) atoms. The van der Waals surface area contributed by atoms with E-state index < -0.39 is 34.4 Å². The Hall–Kier alpha value is -2.97. The Morgan fingerprint density at radius 1 is 1.17 bits per heavy atom. The molecule has 1 fully saturated rings. The van der Waals surface area contributed by atoms with Crippen LogP contribution in [0.25, 0.3) is 0 Å². The molecule has 3 atom stereocenters. The maximum absolute atomic E-state index is 13.5. The van der Waals surface area contributed by atoms with Gasteiger partial charge < -0.3 is 5.11 Å². The quantitative estimate of drug-likeness (QED) is 0.687. The first-order valence-corrected chi connectivity index (χ1v) is 10.5. The molecule has 2 unspecified atom stereocenters. The lowest BCUT2D eigenvalue weighted by Gasteiger charge is -2.29. The van der Waals surface area contributed by atoms with E-state index in [-0.39, 0.29) is 17.4 Å². The average molecular weight is 428 g/mol. The first kappa shape index (κ1) is 21.7. The fourth-order valence-electron chi connectivity index (χ4n) is 3.51. The van der Waals surface area contributed by atoms with Crippen LogP contribution in [0.5, 0.6) is 0 Å². The standard InChI is InChI=1S/C22H22N2O5S/c1-14-7-6-10-17(11-14)24(12-18(20(26)27)23-22(24)29)19(25)15(2)13-30-21(28)16-8-4-3-5-9-16/h3-11,15,18H,12-13H2,1-2H3,(H-,23,26,27,29)/p+1/t15-,18?,24?/m1/s1. The highest BCUT2D eigenvalue weighted by Crippen LogP contribution is 2.32. The molecule has 1 saturated heterocycles. The molecule has 2 N–H and O–H groups in total. The number of carbonyl (C=O) groups excluding carboxylic acids is 3. The van der Waals surface area contributed by atoms with Crippen LogP contribution >= 0.6 is 11.8 Å². The number of carbonyl (C=O) groups is 4. The molecular weight excluding hydrogens is 404 g/mol. The first-order valence-electron chi connectivity index (χ1n) is 9.51. The van der Waals surface area contributed by atoms with Gasteiger partial charge in [-0.3, -0.25) is 10.1 Å². The van der Waals surface area contributed by atoms with Crippen molar-refractivity contribution in [2.75, 3.05) is 12.3 Å². The van der Waals surface area contributed by atoms with Crippen LogP contribution in [0.1, 0.15) is 22.8 Å². The highest BCUT2D eigenvalue weighted by molar-refractivity contribution is 8.14. The van der Waals surface area contributed by atoms with Crippen molar-refractivity contribution in [1.82, 2.24) is 9.80 Å². The molecule has 156 valence electrons. The summed E-state index contributed by atoms with van der Waals surface area (Å²) in [5.41, 5.74) is 1.81. The van der Waals surface area contributed by atoms with Crippen LogP contribution in [0.3, 0.4) is 0 Å². The summed E-state index contributed by atoms with van der Waals surface area (Å²) in [4.78, 5) is 50.3. The summed E-state index contributed by atoms with van der Waals surface area (Å²) in [5, 5.41) is 11.7. The Morgan fingerprint density at radius 3 is 2.47 bits per heavy atom. The molecular formula is C22H23N2O5S+. The zero-order chi connectivity index (χ0) is 21.9. The Labute approximate surface area is 178 Å². The van der Waals surface area contributed by atoms with Gasteiger partial charge in [0.1, 0.15) is 12.2 Å². The second kappa shape index (κ2) is 8.81. The third-order valence-electron chi connectivity index (χ3n) is 5.11. The molecule has 1 heterocycles. The van der Waals surface area contributed by atoms with E-state index in [2.05, 4.69) is 5.32 Å². The summed E-state index contributed by atoms with van der Waals surface area (Å²) < 4.78 is -0.722. The third kappa shape index (κ3) is 4.15. The molecule has 0 spiro atoms. The van der Waals surface area contributed by atoms with E-state index in [0.29, 0.717) is 11.3 Å². The normalized spacial score (nSPS) is 21.7. The maximum Gasteiger partial charge on any atom is 0.430 e. The number of imide groups is 1. The molecule has 0 aliphatic carbocycles. The zero-order valence-electron chi connectivity index (χ0n) is 16.7. The minimum Gasteiger partial charge on any atom is -0.480 e. The number of carboxylic acids is 1. The number of aryl methyl sites for hydroxylation is 1. The third-order valence-corrected chi connectivity index (χ3v) is 6.28. The molecule has 3 rings (SSSR count).